The van der Waals surface area contributed by atoms with Crippen LogP contribution in [-0.2, 0) is 4.79 Å². The van der Waals surface area contributed by atoms with Crippen molar-refractivity contribution in [1.82, 2.24) is 0 Å². The van der Waals surface area contributed by atoms with E-state index >= 15 is 0 Å². The number of rotatable bonds is 2. The Morgan fingerprint density at radius 2 is 1.93 bits per heavy atom. The molecule has 0 saturated heterocycles. The topological polar surface area (TPSA) is 20.3 Å². The van der Waals surface area contributed by atoms with Crippen molar-refractivity contribution in [2.45, 2.75) is 0 Å². The van der Waals surface area contributed by atoms with Crippen molar-refractivity contribution in [3.05, 3.63) is 42.0 Å². The van der Waals surface area contributed by atoms with Gasteiger partial charge < -0.3 is 4.90 Å². The predicted molar refractivity (Wildman–Crippen MR) is 63.1 cm³/mol. The van der Waals surface area contributed by atoms with Crippen LogP contribution in [0, 0.1) is 0 Å². The first-order valence-electron chi connectivity index (χ1n) is 4.80. The molecule has 1 radical (unpaired) electrons. The van der Waals surface area contributed by atoms with Crippen LogP contribution < -0.4 is 4.90 Å². The van der Waals surface area contributed by atoms with Crippen LogP contribution in [0.3, 0.4) is 0 Å². The highest BCUT2D eigenvalue weighted by atomic mass is 16.1. The smallest absolute Gasteiger partial charge is 0.234 e. The summed E-state index contributed by atoms with van der Waals surface area (Å²) < 4.78 is 0. The molecule has 0 N–H and O–H groups in total. The Morgan fingerprint density at radius 1 is 1.13 bits per heavy atom. The van der Waals surface area contributed by atoms with Crippen LogP contribution in [0.25, 0.3) is 10.8 Å². The average Bonchev–Trinajstić information content (AvgIpc) is 2.27. The molecule has 0 aliphatic rings. The number of fused-ring (bicyclic) bond motifs is 1. The third-order valence-electron chi connectivity index (χ3n) is 2.49. The zero-order valence-electron chi connectivity index (χ0n) is 8.82. The minimum Gasteiger partial charge on any atom is -0.378 e. The molecule has 2 rings (SSSR count). The van der Waals surface area contributed by atoms with Crippen molar-refractivity contribution in [2.75, 3.05) is 19.0 Å². The molecule has 0 atom stereocenters. The number of hydrogen-bond donors (Lipinski definition) is 0. The van der Waals surface area contributed by atoms with Gasteiger partial charge in [0.15, 0.2) is 0 Å². The summed E-state index contributed by atoms with van der Waals surface area (Å²) in [4.78, 5) is 12.7. The highest BCUT2D eigenvalue weighted by Gasteiger charge is 2.02. The Bertz CT molecular complexity index is 503. The lowest BCUT2D eigenvalue weighted by Gasteiger charge is -2.13. The minimum atomic E-state index is 0.623. The number of benzene rings is 2. The third-order valence-corrected chi connectivity index (χ3v) is 2.49. The molecular weight excluding hydrogens is 186 g/mol. The molecule has 0 aliphatic carbocycles. The Hall–Kier alpha value is -1.83. The van der Waals surface area contributed by atoms with Crippen LogP contribution >= 0.6 is 0 Å². The van der Waals surface area contributed by atoms with E-state index < -0.39 is 0 Å². The van der Waals surface area contributed by atoms with E-state index in [4.69, 9.17) is 0 Å². The highest BCUT2D eigenvalue weighted by Crippen LogP contribution is 2.22. The fourth-order valence-electron chi connectivity index (χ4n) is 1.64. The lowest BCUT2D eigenvalue weighted by molar-refractivity contribution is 0.563. The molecule has 15 heavy (non-hydrogen) atoms. The van der Waals surface area contributed by atoms with Gasteiger partial charge >= 0.3 is 0 Å². The molecule has 75 valence electrons. The maximum Gasteiger partial charge on any atom is 0.234 e. The average molecular weight is 198 g/mol. The first-order valence-corrected chi connectivity index (χ1v) is 4.80. The Balaban J connectivity index is 2.69. The van der Waals surface area contributed by atoms with Crippen LogP contribution in [0.15, 0.2) is 36.4 Å². The van der Waals surface area contributed by atoms with E-state index in [0.717, 1.165) is 16.5 Å². The molecule has 0 saturated carbocycles. The van der Waals surface area contributed by atoms with Gasteiger partial charge in [0.1, 0.15) is 0 Å². The molecule has 2 heteroatoms. The molecule has 0 bridgehead atoms. The molecule has 0 fully saturated rings. The van der Waals surface area contributed by atoms with Gasteiger partial charge in [-0.1, -0.05) is 24.3 Å². The van der Waals surface area contributed by atoms with Crippen molar-refractivity contribution in [3.63, 3.8) is 0 Å². The summed E-state index contributed by atoms with van der Waals surface area (Å²) in [6.07, 6.45) is 1.96. The van der Waals surface area contributed by atoms with Crippen LogP contribution in [0.5, 0.6) is 0 Å². The Morgan fingerprint density at radius 3 is 2.60 bits per heavy atom. The summed E-state index contributed by atoms with van der Waals surface area (Å²) in [5, 5.41) is 2.03. The van der Waals surface area contributed by atoms with Crippen LogP contribution in [0.2, 0.25) is 0 Å². The fourth-order valence-corrected chi connectivity index (χ4v) is 1.64. The van der Waals surface area contributed by atoms with Gasteiger partial charge in [0.05, 0.1) is 0 Å². The van der Waals surface area contributed by atoms with Gasteiger partial charge in [-0.2, -0.15) is 0 Å². The SMILES string of the molecule is CN(C)c1ccc2c([C]=O)cccc2c1. The summed E-state index contributed by atoms with van der Waals surface area (Å²) in [7, 11) is 3.99. The summed E-state index contributed by atoms with van der Waals surface area (Å²) in [6, 6.07) is 11.7. The largest absolute Gasteiger partial charge is 0.378 e. The van der Waals surface area contributed by atoms with Crippen molar-refractivity contribution < 1.29 is 4.79 Å². The molecule has 2 aromatic rings. The Labute approximate surface area is 89.1 Å². The van der Waals surface area contributed by atoms with Gasteiger partial charge in [-0.3, -0.25) is 4.79 Å². The molecule has 0 spiro atoms. The van der Waals surface area contributed by atoms with Gasteiger partial charge in [-0.05, 0) is 22.9 Å². The lowest BCUT2D eigenvalue weighted by Crippen LogP contribution is -2.08. The second kappa shape index (κ2) is 3.73. The summed E-state index contributed by atoms with van der Waals surface area (Å²) in [5.41, 5.74) is 1.75. The van der Waals surface area contributed by atoms with Gasteiger partial charge in [0.25, 0.3) is 0 Å². The second-order valence-corrected chi connectivity index (χ2v) is 3.71. The molecule has 0 unspecified atom stereocenters. The first kappa shape index (κ1) is 9.71. The van der Waals surface area contributed by atoms with E-state index in [0.29, 0.717) is 5.56 Å². The van der Waals surface area contributed by atoms with Crippen LogP contribution in [0.4, 0.5) is 5.69 Å². The second-order valence-electron chi connectivity index (χ2n) is 3.71. The molecule has 0 aliphatic heterocycles. The molecule has 0 heterocycles. The zero-order valence-corrected chi connectivity index (χ0v) is 8.82. The van der Waals surface area contributed by atoms with E-state index in [-0.39, 0.29) is 0 Å². The third kappa shape index (κ3) is 1.71. The molecule has 2 nitrogen and oxygen atoms in total. The van der Waals surface area contributed by atoms with Gasteiger partial charge in [0.2, 0.25) is 6.29 Å². The van der Waals surface area contributed by atoms with E-state index in [1.165, 1.54) is 0 Å². The van der Waals surface area contributed by atoms with Crippen LogP contribution in [-0.4, -0.2) is 20.4 Å². The molecule has 2 aromatic carbocycles. The minimum absolute atomic E-state index is 0.623. The summed E-state index contributed by atoms with van der Waals surface area (Å²) in [6.45, 7) is 0. The molecule has 0 amide bonds. The number of nitrogens with zero attached hydrogens (tertiary/aromatic N) is 1. The fraction of sp³-hybridized carbons (Fsp3) is 0.154. The summed E-state index contributed by atoms with van der Waals surface area (Å²) >= 11 is 0. The lowest BCUT2D eigenvalue weighted by atomic mass is 10.0. The van der Waals surface area contributed by atoms with E-state index in [9.17, 15) is 4.79 Å². The zero-order chi connectivity index (χ0) is 10.8. The standard InChI is InChI=1S/C13H12NO/c1-14(2)12-6-7-13-10(8-12)4-3-5-11(13)9-15/h3-8H,1-2H3. The number of hydrogen-bond acceptors (Lipinski definition) is 2. The van der Waals surface area contributed by atoms with Crippen molar-refractivity contribution in [1.29, 1.82) is 0 Å². The maximum absolute atomic E-state index is 10.7. The first-order chi connectivity index (χ1) is 7.22. The van der Waals surface area contributed by atoms with E-state index in [1.807, 2.05) is 49.5 Å². The predicted octanol–water partition coefficient (Wildman–Crippen LogP) is 2.36. The molecular formula is C13H12NO. The van der Waals surface area contributed by atoms with Crippen molar-refractivity contribution in [2.24, 2.45) is 0 Å². The van der Waals surface area contributed by atoms with Crippen LogP contribution in [0.1, 0.15) is 5.56 Å². The number of carbonyl (C=O) groups excluding carboxylic acids is 1. The van der Waals surface area contributed by atoms with Gasteiger partial charge in [-0.15, -0.1) is 0 Å². The van der Waals surface area contributed by atoms with Gasteiger partial charge in [0, 0.05) is 25.3 Å². The van der Waals surface area contributed by atoms with E-state index in [2.05, 4.69) is 6.07 Å². The molecule has 0 aromatic heterocycles. The van der Waals surface area contributed by atoms with Crippen molar-refractivity contribution >= 4 is 22.7 Å². The monoisotopic (exact) mass is 198 g/mol. The van der Waals surface area contributed by atoms with Crippen molar-refractivity contribution in [3.8, 4) is 0 Å². The van der Waals surface area contributed by atoms with E-state index in [1.54, 1.807) is 6.07 Å². The maximum atomic E-state index is 10.7. The van der Waals surface area contributed by atoms with Gasteiger partial charge in [-0.25, -0.2) is 0 Å². The number of anilines is 1. The highest BCUT2D eigenvalue weighted by molar-refractivity contribution is 5.99. The summed E-state index contributed by atoms with van der Waals surface area (Å²) in [5.74, 6) is 0. The quantitative estimate of drug-likeness (QED) is 0.738. The normalized spacial score (nSPS) is 10.3. The Kier molecular flexibility index (Phi) is 2.42.